The van der Waals surface area contributed by atoms with E-state index in [4.69, 9.17) is 4.74 Å². The van der Waals surface area contributed by atoms with Crippen LogP contribution in [0.1, 0.15) is 38.8 Å². The first-order valence-corrected chi connectivity index (χ1v) is 6.49. The van der Waals surface area contributed by atoms with E-state index in [9.17, 15) is 4.39 Å². The van der Waals surface area contributed by atoms with Gasteiger partial charge in [-0.2, -0.15) is 0 Å². The van der Waals surface area contributed by atoms with Crippen molar-refractivity contribution in [3.05, 3.63) is 35.6 Å². The molecule has 1 aliphatic rings. The van der Waals surface area contributed by atoms with Crippen molar-refractivity contribution in [1.29, 1.82) is 0 Å². The molecule has 0 bridgehead atoms. The average molecular weight is 251 g/mol. The number of benzene rings is 1. The van der Waals surface area contributed by atoms with Gasteiger partial charge in [-0.3, -0.25) is 0 Å². The molecule has 1 N–H and O–H groups in total. The lowest BCUT2D eigenvalue weighted by molar-refractivity contribution is -0.0999. The fraction of sp³-hybridized carbons (Fsp3) is 0.600. The summed E-state index contributed by atoms with van der Waals surface area (Å²) in [5.41, 5.74) is 1.13. The molecule has 1 aromatic rings. The van der Waals surface area contributed by atoms with E-state index in [-0.39, 0.29) is 17.3 Å². The van der Waals surface area contributed by atoms with E-state index < -0.39 is 0 Å². The van der Waals surface area contributed by atoms with E-state index in [0.29, 0.717) is 12.1 Å². The number of ether oxygens (including phenoxy) is 1. The van der Waals surface area contributed by atoms with Crippen LogP contribution >= 0.6 is 0 Å². The Kier molecular flexibility index (Phi) is 3.74. The molecule has 0 radical (unpaired) electrons. The normalized spacial score (nSPS) is 27.6. The van der Waals surface area contributed by atoms with E-state index >= 15 is 0 Å². The summed E-state index contributed by atoms with van der Waals surface area (Å²) < 4.78 is 18.6. The van der Waals surface area contributed by atoms with Crippen molar-refractivity contribution in [1.82, 2.24) is 5.32 Å². The van der Waals surface area contributed by atoms with E-state index in [1.165, 1.54) is 6.07 Å². The number of nitrogens with one attached hydrogen (secondary N) is 1. The summed E-state index contributed by atoms with van der Waals surface area (Å²) in [7, 11) is 1.76. The van der Waals surface area contributed by atoms with Crippen LogP contribution in [0, 0.1) is 11.2 Å². The Labute approximate surface area is 109 Å². The van der Waals surface area contributed by atoms with Gasteiger partial charge in [0.1, 0.15) is 5.82 Å². The molecule has 1 aromatic carbocycles. The predicted molar refractivity (Wildman–Crippen MR) is 70.9 cm³/mol. The van der Waals surface area contributed by atoms with Gasteiger partial charge in [-0.05, 0) is 31.0 Å². The molecule has 2 rings (SSSR count). The molecule has 0 aliphatic heterocycles. The van der Waals surface area contributed by atoms with Crippen molar-refractivity contribution in [3.63, 3.8) is 0 Å². The van der Waals surface area contributed by atoms with Crippen LogP contribution in [0.15, 0.2) is 24.3 Å². The molecule has 1 aliphatic carbocycles. The zero-order valence-electron chi connectivity index (χ0n) is 11.5. The van der Waals surface area contributed by atoms with E-state index in [1.54, 1.807) is 19.2 Å². The van der Waals surface area contributed by atoms with Crippen LogP contribution in [-0.2, 0) is 4.74 Å². The number of methoxy groups -OCH3 is 1. The fourth-order valence-corrected chi connectivity index (χ4v) is 2.74. The first-order valence-electron chi connectivity index (χ1n) is 6.49. The summed E-state index contributed by atoms with van der Waals surface area (Å²) in [6.45, 7) is 6.49. The number of halogens is 1. The highest BCUT2D eigenvalue weighted by atomic mass is 19.1. The van der Waals surface area contributed by atoms with Crippen molar-refractivity contribution < 1.29 is 9.13 Å². The Morgan fingerprint density at radius 3 is 2.72 bits per heavy atom. The number of hydrogen-bond donors (Lipinski definition) is 1. The molecular formula is C15H22FNO. The van der Waals surface area contributed by atoms with Gasteiger partial charge in [0.15, 0.2) is 0 Å². The number of rotatable bonds is 4. The minimum atomic E-state index is -0.177. The van der Waals surface area contributed by atoms with Crippen LogP contribution in [0.2, 0.25) is 0 Å². The average Bonchev–Trinajstić information content (AvgIpc) is 2.33. The van der Waals surface area contributed by atoms with Gasteiger partial charge < -0.3 is 10.1 Å². The highest BCUT2D eigenvalue weighted by Gasteiger charge is 2.48. The lowest BCUT2D eigenvalue weighted by atomic mass is 9.64. The Balaban J connectivity index is 1.99. The predicted octanol–water partition coefficient (Wildman–Crippen LogP) is 3.29. The van der Waals surface area contributed by atoms with Gasteiger partial charge in [-0.25, -0.2) is 4.39 Å². The molecular weight excluding hydrogens is 229 g/mol. The molecule has 3 atom stereocenters. The maximum absolute atomic E-state index is 13.2. The first kappa shape index (κ1) is 13.5. The fourth-order valence-electron chi connectivity index (χ4n) is 2.74. The van der Waals surface area contributed by atoms with Crippen LogP contribution in [0.25, 0.3) is 0 Å². The van der Waals surface area contributed by atoms with Gasteiger partial charge in [0.05, 0.1) is 6.10 Å². The van der Waals surface area contributed by atoms with Crippen molar-refractivity contribution in [2.75, 3.05) is 7.11 Å². The van der Waals surface area contributed by atoms with Crippen molar-refractivity contribution >= 4 is 0 Å². The third-order valence-corrected chi connectivity index (χ3v) is 4.26. The number of hydrogen-bond acceptors (Lipinski definition) is 2. The molecule has 0 amide bonds. The van der Waals surface area contributed by atoms with Crippen LogP contribution in [0.4, 0.5) is 4.39 Å². The van der Waals surface area contributed by atoms with Crippen LogP contribution in [0.5, 0.6) is 0 Å². The van der Waals surface area contributed by atoms with Crippen molar-refractivity contribution in [2.24, 2.45) is 5.41 Å². The SMILES string of the molecule is COC1CC(NC(C)c2cccc(F)c2)C1(C)C. The molecule has 0 saturated heterocycles. The minimum Gasteiger partial charge on any atom is -0.381 e. The summed E-state index contributed by atoms with van der Waals surface area (Å²) in [4.78, 5) is 0. The third-order valence-electron chi connectivity index (χ3n) is 4.26. The molecule has 1 saturated carbocycles. The lowest BCUT2D eigenvalue weighted by Gasteiger charge is -2.52. The van der Waals surface area contributed by atoms with E-state index in [1.807, 2.05) is 6.07 Å². The first-order chi connectivity index (χ1) is 8.45. The van der Waals surface area contributed by atoms with Gasteiger partial charge in [0.2, 0.25) is 0 Å². The summed E-state index contributed by atoms with van der Waals surface area (Å²) in [6, 6.07) is 7.36. The summed E-state index contributed by atoms with van der Waals surface area (Å²) in [6.07, 6.45) is 1.33. The van der Waals surface area contributed by atoms with Gasteiger partial charge in [-0.15, -0.1) is 0 Å². The monoisotopic (exact) mass is 251 g/mol. The molecule has 100 valence electrons. The van der Waals surface area contributed by atoms with E-state index in [0.717, 1.165) is 12.0 Å². The van der Waals surface area contributed by atoms with Crippen molar-refractivity contribution in [3.8, 4) is 0 Å². The smallest absolute Gasteiger partial charge is 0.123 e. The lowest BCUT2D eigenvalue weighted by Crippen LogP contribution is -2.60. The zero-order chi connectivity index (χ0) is 13.3. The molecule has 0 spiro atoms. The standard InChI is InChI=1S/C15H22FNO/c1-10(11-6-5-7-12(16)8-11)17-13-9-14(18-4)15(13,2)3/h5-8,10,13-14,17H,9H2,1-4H3. The van der Waals surface area contributed by atoms with Gasteiger partial charge >= 0.3 is 0 Å². The van der Waals surface area contributed by atoms with Crippen LogP contribution < -0.4 is 5.32 Å². The summed E-state index contributed by atoms with van der Waals surface area (Å²) >= 11 is 0. The highest BCUT2D eigenvalue weighted by Crippen LogP contribution is 2.43. The summed E-state index contributed by atoms with van der Waals surface area (Å²) in [5, 5.41) is 3.57. The molecule has 0 heterocycles. The minimum absolute atomic E-state index is 0.135. The second-order valence-electron chi connectivity index (χ2n) is 5.78. The third kappa shape index (κ3) is 2.43. The molecule has 3 heteroatoms. The highest BCUT2D eigenvalue weighted by molar-refractivity contribution is 5.20. The van der Waals surface area contributed by atoms with Crippen molar-refractivity contribution in [2.45, 2.75) is 45.4 Å². The Hall–Kier alpha value is -0.930. The largest absolute Gasteiger partial charge is 0.381 e. The second kappa shape index (κ2) is 4.98. The molecule has 0 aromatic heterocycles. The maximum atomic E-state index is 13.2. The molecule has 18 heavy (non-hydrogen) atoms. The Morgan fingerprint density at radius 1 is 1.44 bits per heavy atom. The maximum Gasteiger partial charge on any atom is 0.123 e. The Morgan fingerprint density at radius 2 is 2.17 bits per heavy atom. The van der Waals surface area contributed by atoms with Gasteiger partial charge in [0, 0.05) is 24.6 Å². The second-order valence-corrected chi connectivity index (χ2v) is 5.78. The molecule has 1 fully saturated rings. The van der Waals surface area contributed by atoms with Gasteiger partial charge in [-0.1, -0.05) is 26.0 Å². The zero-order valence-corrected chi connectivity index (χ0v) is 11.5. The quantitative estimate of drug-likeness (QED) is 0.886. The van der Waals surface area contributed by atoms with Crippen LogP contribution in [0.3, 0.4) is 0 Å². The molecule has 3 unspecified atom stereocenters. The molecule has 2 nitrogen and oxygen atoms in total. The van der Waals surface area contributed by atoms with E-state index in [2.05, 4.69) is 26.1 Å². The topological polar surface area (TPSA) is 21.3 Å². The summed E-state index contributed by atoms with van der Waals surface area (Å²) in [5.74, 6) is -0.177. The van der Waals surface area contributed by atoms with Gasteiger partial charge in [0.25, 0.3) is 0 Å². The van der Waals surface area contributed by atoms with Crippen LogP contribution in [-0.4, -0.2) is 19.3 Å². The Bertz CT molecular complexity index is 419.